The van der Waals surface area contributed by atoms with Gasteiger partial charge in [-0.25, -0.2) is 0 Å². The molecule has 114 valence electrons. The van der Waals surface area contributed by atoms with E-state index in [0.29, 0.717) is 5.02 Å². The van der Waals surface area contributed by atoms with Crippen LogP contribution in [0.25, 0.3) is 0 Å². The van der Waals surface area contributed by atoms with Crippen LogP contribution in [0.1, 0.15) is 49.7 Å². The Morgan fingerprint density at radius 2 is 2.10 bits per heavy atom. The van der Waals surface area contributed by atoms with Crippen molar-refractivity contribution >= 4 is 27.5 Å². The molecule has 2 aromatic rings. The summed E-state index contributed by atoms with van der Waals surface area (Å²) in [7, 11) is 0. The normalized spacial score (nSPS) is 12.9. The van der Waals surface area contributed by atoms with E-state index in [9.17, 15) is 0 Å². The van der Waals surface area contributed by atoms with Crippen LogP contribution in [0.15, 0.2) is 28.9 Å². The fraction of sp³-hybridized carbons (Fsp3) is 0.438. The highest BCUT2D eigenvalue weighted by molar-refractivity contribution is 9.10. The van der Waals surface area contributed by atoms with E-state index in [1.807, 2.05) is 4.68 Å². The quantitative estimate of drug-likeness (QED) is 0.812. The predicted octanol–water partition coefficient (Wildman–Crippen LogP) is 4.89. The largest absolute Gasteiger partial charge is 0.305 e. The molecule has 0 fully saturated rings. The molecule has 2 rings (SSSR count). The van der Waals surface area contributed by atoms with Gasteiger partial charge in [-0.05, 0) is 44.5 Å². The fourth-order valence-electron chi connectivity index (χ4n) is 2.46. The number of rotatable bonds is 5. The Balaban J connectivity index is 2.56. The van der Waals surface area contributed by atoms with Crippen LogP contribution >= 0.6 is 27.5 Å². The van der Waals surface area contributed by atoms with Gasteiger partial charge in [0.1, 0.15) is 0 Å². The lowest BCUT2D eigenvalue weighted by Crippen LogP contribution is -2.26. The first-order chi connectivity index (χ1) is 9.95. The van der Waals surface area contributed by atoms with E-state index in [0.717, 1.165) is 16.7 Å². The van der Waals surface area contributed by atoms with Crippen LogP contribution in [0.3, 0.4) is 0 Å². The van der Waals surface area contributed by atoms with Gasteiger partial charge in [-0.3, -0.25) is 4.68 Å². The predicted molar refractivity (Wildman–Crippen MR) is 92.0 cm³/mol. The highest BCUT2D eigenvalue weighted by Gasteiger charge is 2.24. The summed E-state index contributed by atoms with van der Waals surface area (Å²) in [5.74, 6) is 0. The first kappa shape index (κ1) is 16.5. The number of aryl methyl sites for hydroxylation is 1. The van der Waals surface area contributed by atoms with Crippen LogP contribution in [0.4, 0.5) is 0 Å². The maximum absolute atomic E-state index is 6.41. The van der Waals surface area contributed by atoms with Crippen molar-refractivity contribution in [3.63, 3.8) is 0 Å². The molecule has 0 saturated heterocycles. The van der Waals surface area contributed by atoms with Gasteiger partial charge in [-0.1, -0.05) is 46.6 Å². The molecule has 3 nitrogen and oxygen atoms in total. The van der Waals surface area contributed by atoms with E-state index in [1.165, 1.54) is 11.1 Å². The van der Waals surface area contributed by atoms with Crippen LogP contribution in [0.5, 0.6) is 0 Å². The zero-order valence-electron chi connectivity index (χ0n) is 12.8. The van der Waals surface area contributed by atoms with Crippen LogP contribution < -0.4 is 5.32 Å². The fourth-order valence-corrected chi connectivity index (χ4v) is 3.42. The Hall–Kier alpha value is -0.840. The molecule has 0 radical (unpaired) electrons. The zero-order chi connectivity index (χ0) is 15.6. The molecule has 0 amide bonds. The van der Waals surface area contributed by atoms with E-state index in [4.69, 9.17) is 11.6 Å². The average Bonchev–Trinajstić information content (AvgIpc) is 2.79. The number of hydrogen-bond acceptors (Lipinski definition) is 2. The van der Waals surface area contributed by atoms with Gasteiger partial charge in [0.2, 0.25) is 0 Å². The number of halogens is 2. The Kier molecular flexibility index (Phi) is 5.47. The second kappa shape index (κ2) is 6.95. The molecule has 5 heteroatoms. The average molecular weight is 371 g/mol. The summed E-state index contributed by atoms with van der Waals surface area (Å²) in [6, 6.07) is 6.67. The van der Waals surface area contributed by atoms with Crippen LogP contribution in [-0.4, -0.2) is 16.3 Å². The van der Waals surface area contributed by atoms with Crippen molar-refractivity contribution in [2.75, 3.05) is 6.54 Å². The molecular weight excluding hydrogens is 350 g/mol. The molecule has 1 aromatic heterocycles. The Labute approximate surface area is 139 Å². The summed E-state index contributed by atoms with van der Waals surface area (Å²) in [5, 5.41) is 8.64. The van der Waals surface area contributed by atoms with Gasteiger partial charge in [-0.2, -0.15) is 5.10 Å². The maximum Gasteiger partial charge on any atom is 0.0837 e. The number of nitrogens with one attached hydrogen (secondary N) is 1. The second-order valence-corrected chi connectivity index (χ2v) is 6.69. The number of hydrogen-bond donors (Lipinski definition) is 1. The maximum atomic E-state index is 6.41. The SMILES string of the molecule is CCNC(c1ccc(C)cc1Br)c1c(Cl)cnn1C(C)C. The van der Waals surface area contributed by atoms with Gasteiger partial charge in [0.15, 0.2) is 0 Å². The summed E-state index contributed by atoms with van der Waals surface area (Å²) in [6.45, 7) is 9.26. The van der Waals surface area contributed by atoms with Gasteiger partial charge in [0.05, 0.1) is 23.0 Å². The minimum absolute atomic E-state index is 0.0161. The standard InChI is InChI=1S/C16H21BrClN3/c1-5-19-15(12-7-6-11(4)8-13(12)17)16-14(18)9-20-21(16)10(2)3/h6-10,15,19H,5H2,1-4H3. The topological polar surface area (TPSA) is 29.9 Å². The molecule has 0 aliphatic carbocycles. The van der Waals surface area contributed by atoms with Crippen LogP contribution in [-0.2, 0) is 0 Å². The van der Waals surface area contributed by atoms with Gasteiger partial charge in [0.25, 0.3) is 0 Å². The van der Waals surface area contributed by atoms with E-state index in [1.54, 1.807) is 6.20 Å². The van der Waals surface area contributed by atoms with Gasteiger partial charge in [-0.15, -0.1) is 0 Å². The molecule has 1 heterocycles. The summed E-state index contributed by atoms with van der Waals surface area (Å²) in [4.78, 5) is 0. The second-order valence-electron chi connectivity index (χ2n) is 5.43. The third-order valence-corrected chi connectivity index (χ3v) is 4.40. The van der Waals surface area contributed by atoms with Gasteiger partial charge < -0.3 is 5.32 Å². The molecular formula is C16H21BrClN3. The van der Waals surface area contributed by atoms with Crippen molar-refractivity contribution < 1.29 is 0 Å². The minimum atomic E-state index is 0.0161. The van der Waals surface area contributed by atoms with E-state index < -0.39 is 0 Å². The van der Waals surface area contributed by atoms with Crippen molar-refractivity contribution in [3.8, 4) is 0 Å². The Morgan fingerprint density at radius 1 is 1.38 bits per heavy atom. The summed E-state index contributed by atoms with van der Waals surface area (Å²) in [6.07, 6.45) is 1.73. The summed E-state index contributed by atoms with van der Waals surface area (Å²) >= 11 is 10.1. The highest BCUT2D eigenvalue weighted by atomic mass is 79.9. The van der Waals surface area contributed by atoms with Crippen molar-refractivity contribution in [2.45, 2.75) is 39.8 Å². The molecule has 0 saturated carbocycles. The molecule has 1 aromatic carbocycles. The van der Waals surface area contributed by atoms with Gasteiger partial charge in [0, 0.05) is 10.5 Å². The van der Waals surface area contributed by atoms with Gasteiger partial charge >= 0.3 is 0 Å². The third kappa shape index (κ3) is 3.50. The van der Waals surface area contributed by atoms with E-state index in [2.05, 4.69) is 72.2 Å². The molecule has 1 unspecified atom stereocenters. The first-order valence-corrected chi connectivity index (χ1v) is 8.35. The smallest absolute Gasteiger partial charge is 0.0837 e. The molecule has 0 aliphatic rings. The van der Waals surface area contributed by atoms with E-state index >= 15 is 0 Å². The lowest BCUT2D eigenvalue weighted by Gasteiger charge is -2.23. The van der Waals surface area contributed by atoms with Crippen molar-refractivity contribution in [3.05, 3.63) is 50.7 Å². The highest BCUT2D eigenvalue weighted by Crippen LogP contribution is 2.34. The molecule has 0 bridgehead atoms. The number of nitrogens with zero attached hydrogens (tertiary/aromatic N) is 2. The van der Waals surface area contributed by atoms with Crippen molar-refractivity contribution in [2.24, 2.45) is 0 Å². The molecule has 0 spiro atoms. The lowest BCUT2D eigenvalue weighted by molar-refractivity contribution is 0.476. The van der Waals surface area contributed by atoms with Crippen molar-refractivity contribution in [1.29, 1.82) is 0 Å². The number of benzene rings is 1. The summed E-state index contributed by atoms with van der Waals surface area (Å²) < 4.78 is 3.07. The molecule has 21 heavy (non-hydrogen) atoms. The third-order valence-electron chi connectivity index (χ3n) is 3.42. The molecule has 1 N–H and O–H groups in total. The van der Waals surface area contributed by atoms with Crippen LogP contribution in [0, 0.1) is 6.92 Å². The van der Waals surface area contributed by atoms with E-state index in [-0.39, 0.29) is 12.1 Å². The molecule has 0 aliphatic heterocycles. The number of aromatic nitrogens is 2. The Bertz CT molecular complexity index is 622. The van der Waals surface area contributed by atoms with Crippen molar-refractivity contribution in [1.82, 2.24) is 15.1 Å². The minimum Gasteiger partial charge on any atom is -0.305 e. The first-order valence-electron chi connectivity index (χ1n) is 7.18. The zero-order valence-corrected chi connectivity index (χ0v) is 15.2. The lowest BCUT2D eigenvalue weighted by atomic mass is 10.0. The summed E-state index contributed by atoms with van der Waals surface area (Å²) in [5.41, 5.74) is 3.41. The van der Waals surface area contributed by atoms with Crippen LogP contribution in [0.2, 0.25) is 5.02 Å². The molecule has 1 atom stereocenters. The monoisotopic (exact) mass is 369 g/mol. The Morgan fingerprint density at radius 3 is 2.67 bits per heavy atom.